The molecule has 1 aromatic rings. The minimum Gasteiger partial charge on any atom is -0.478 e. The zero-order valence-electron chi connectivity index (χ0n) is 12.2. The summed E-state index contributed by atoms with van der Waals surface area (Å²) in [5.41, 5.74) is 1.96. The van der Waals surface area contributed by atoms with Gasteiger partial charge in [0.2, 0.25) is 0 Å². The van der Waals surface area contributed by atoms with Gasteiger partial charge in [0.05, 0.1) is 0 Å². The number of hydrogen-bond donors (Lipinski definition) is 3. The first kappa shape index (κ1) is 15.8. The van der Waals surface area contributed by atoms with Crippen LogP contribution in [0.3, 0.4) is 0 Å². The van der Waals surface area contributed by atoms with Crippen LogP contribution in [0.5, 0.6) is 0 Å². The third kappa shape index (κ3) is 6.04. The standard InChI is InChI=1S/C15H20N2O3/c1-10-7-11(5-6-13(18)19)9-12(8-10)16-14(20)17-15(2,3)4/h5-9H,1-4H3,(H,18,19)(H2,16,17,20)/b6-5+. The highest BCUT2D eigenvalue weighted by molar-refractivity contribution is 5.90. The van der Waals surface area contributed by atoms with Gasteiger partial charge in [-0.25, -0.2) is 9.59 Å². The first-order valence-electron chi connectivity index (χ1n) is 6.27. The van der Waals surface area contributed by atoms with Crippen molar-refractivity contribution < 1.29 is 14.7 Å². The van der Waals surface area contributed by atoms with E-state index in [2.05, 4.69) is 10.6 Å². The second-order valence-corrected chi connectivity index (χ2v) is 5.63. The number of carbonyl (C=O) groups is 2. The number of carboxylic acids is 1. The Kier molecular flexibility index (Phi) is 4.91. The van der Waals surface area contributed by atoms with Gasteiger partial charge in [0.25, 0.3) is 0 Å². The van der Waals surface area contributed by atoms with Crippen LogP contribution in [0.15, 0.2) is 24.3 Å². The monoisotopic (exact) mass is 276 g/mol. The molecule has 0 saturated carbocycles. The van der Waals surface area contributed by atoms with E-state index >= 15 is 0 Å². The molecule has 0 radical (unpaired) electrons. The van der Waals surface area contributed by atoms with Crippen molar-refractivity contribution >= 4 is 23.8 Å². The molecule has 0 aliphatic heterocycles. The van der Waals surface area contributed by atoms with E-state index in [1.165, 1.54) is 6.08 Å². The summed E-state index contributed by atoms with van der Waals surface area (Å²) in [5, 5.41) is 14.2. The molecule has 2 amide bonds. The summed E-state index contributed by atoms with van der Waals surface area (Å²) in [6.07, 6.45) is 2.55. The largest absolute Gasteiger partial charge is 0.478 e. The Morgan fingerprint density at radius 3 is 2.40 bits per heavy atom. The molecule has 20 heavy (non-hydrogen) atoms. The summed E-state index contributed by atoms with van der Waals surface area (Å²) in [4.78, 5) is 22.3. The van der Waals surface area contributed by atoms with E-state index in [1.807, 2.05) is 39.8 Å². The van der Waals surface area contributed by atoms with Gasteiger partial charge in [0.15, 0.2) is 0 Å². The summed E-state index contributed by atoms with van der Waals surface area (Å²) in [6, 6.07) is 5.08. The molecule has 5 heteroatoms. The van der Waals surface area contributed by atoms with Gasteiger partial charge in [-0.3, -0.25) is 0 Å². The van der Waals surface area contributed by atoms with E-state index in [9.17, 15) is 9.59 Å². The fourth-order valence-corrected chi connectivity index (χ4v) is 1.65. The van der Waals surface area contributed by atoms with E-state index < -0.39 is 5.97 Å². The maximum absolute atomic E-state index is 11.8. The number of carbonyl (C=O) groups excluding carboxylic acids is 1. The lowest BCUT2D eigenvalue weighted by atomic mass is 10.1. The number of anilines is 1. The molecule has 0 aliphatic carbocycles. The predicted molar refractivity (Wildman–Crippen MR) is 79.8 cm³/mol. The number of benzene rings is 1. The van der Waals surface area contributed by atoms with Crippen LogP contribution in [0.25, 0.3) is 6.08 Å². The summed E-state index contributed by atoms with van der Waals surface area (Å²) < 4.78 is 0. The van der Waals surface area contributed by atoms with Crippen LogP contribution in [0.1, 0.15) is 31.9 Å². The lowest BCUT2D eigenvalue weighted by Gasteiger charge is -2.21. The predicted octanol–water partition coefficient (Wildman–Crippen LogP) is 3.01. The van der Waals surface area contributed by atoms with E-state index in [0.717, 1.165) is 17.2 Å². The first-order chi connectivity index (χ1) is 9.15. The molecule has 0 fully saturated rings. The Labute approximate surface area is 118 Å². The van der Waals surface area contributed by atoms with Crippen LogP contribution in [0.4, 0.5) is 10.5 Å². The Hall–Kier alpha value is -2.30. The van der Waals surface area contributed by atoms with Gasteiger partial charge in [-0.1, -0.05) is 6.07 Å². The normalized spacial score (nSPS) is 11.4. The highest BCUT2D eigenvalue weighted by Gasteiger charge is 2.13. The van der Waals surface area contributed by atoms with E-state index in [-0.39, 0.29) is 11.6 Å². The molecule has 3 N–H and O–H groups in total. The van der Waals surface area contributed by atoms with Crippen molar-refractivity contribution in [2.75, 3.05) is 5.32 Å². The van der Waals surface area contributed by atoms with Gasteiger partial charge in [-0.2, -0.15) is 0 Å². The van der Waals surface area contributed by atoms with Crippen LogP contribution in [0.2, 0.25) is 0 Å². The van der Waals surface area contributed by atoms with Crippen molar-refractivity contribution in [3.8, 4) is 0 Å². The zero-order valence-corrected chi connectivity index (χ0v) is 12.2. The fraction of sp³-hybridized carbons (Fsp3) is 0.333. The van der Waals surface area contributed by atoms with Crippen molar-refractivity contribution in [3.05, 3.63) is 35.4 Å². The van der Waals surface area contributed by atoms with Crippen LogP contribution in [0, 0.1) is 6.92 Å². The Bertz CT molecular complexity index is 543. The molecule has 0 atom stereocenters. The third-order valence-electron chi connectivity index (χ3n) is 2.26. The number of rotatable bonds is 3. The highest BCUT2D eigenvalue weighted by Crippen LogP contribution is 2.16. The van der Waals surface area contributed by atoms with Gasteiger partial charge < -0.3 is 15.7 Å². The molecule has 0 heterocycles. The summed E-state index contributed by atoms with van der Waals surface area (Å²) in [6.45, 7) is 7.56. The maximum Gasteiger partial charge on any atom is 0.328 e. The smallest absolute Gasteiger partial charge is 0.328 e. The fourth-order valence-electron chi connectivity index (χ4n) is 1.65. The topological polar surface area (TPSA) is 78.4 Å². The van der Waals surface area contributed by atoms with Gasteiger partial charge >= 0.3 is 12.0 Å². The summed E-state index contributed by atoms with van der Waals surface area (Å²) in [5.74, 6) is -1.01. The van der Waals surface area contributed by atoms with E-state index in [0.29, 0.717) is 5.69 Å². The van der Waals surface area contributed by atoms with Crippen LogP contribution >= 0.6 is 0 Å². The molecule has 0 bridgehead atoms. The first-order valence-corrected chi connectivity index (χ1v) is 6.27. The zero-order chi connectivity index (χ0) is 15.3. The van der Waals surface area contributed by atoms with Gasteiger partial charge in [-0.15, -0.1) is 0 Å². The number of nitrogens with one attached hydrogen (secondary N) is 2. The summed E-state index contributed by atoms with van der Waals surface area (Å²) >= 11 is 0. The minimum atomic E-state index is -1.01. The summed E-state index contributed by atoms with van der Waals surface area (Å²) in [7, 11) is 0. The van der Waals surface area contributed by atoms with Crippen LogP contribution < -0.4 is 10.6 Å². The molecule has 108 valence electrons. The number of amides is 2. The number of aryl methyl sites for hydroxylation is 1. The molecule has 1 rings (SSSR count). The molecule has 0 saturated heterocycles. The minimum absolute atomic E-state index is 0.295. The van der Waals surface area contributed by atoms with Crippen LogP contribution in [-0.4, -0.2) is 22.6 Å². The second-order valence-electron chi connectivity index (χ2n) is 5.63. The highest BCUT2D eigenvalue weighted by atomic mass is 16.4. The molecular weight excluding hydrogens is 256 g/mol. The lowest BCUT2D eigenvalue weighted by Crippen LogP contribution is -2.43. The lowest BCUT2D eigenvalue weighted by molar-refractivity contribution is -0.131. The molecule has 0 aromatic heterocycles. The number of urea groups is 1. The van der Waals surface area contributed by atoms with Gasteiger partial charge in [0.1, 0.15) is 0 Å². The maximum atomic E-state index is 11.8. The molecule has 5 nitrogen and oxygen atoms in total. The van der Waals surface area contributed by atoms with Crippen molar-refractivity contribution in [2.24, 2.45) is 0 Å². The molecule has 0 spiro atoms. The number of carboxylic acid groups (broad SMARTS) is 1. The molecule has 0 unspecified atom stereocenters. The number of aliphatic carboxylic acids is 1. The van der Waals surface area contributed by atoms with Crippen molar-refractivity contribution in [3.63, 3.8) is 0 Å². The number of hydrogen-bond acceptors (Lipinski definition) is 2. The molecule has 1 aromatic carbocycles. The van der Waals surface area contributed by atoms with Crippen LogP contribution in [-0.2, 0) is 4.79 Å². The van der Waals surface area contributed by atoms with Crippen molar-refractivity contribution in [1.82, 2.24) is 5.32 Å². The average molecular weight is 276 g/mol. The Morgan fingerprint density at radius 2 is 1.85 bits per heavy atom. The van der Waals surface area contributed by atoms with Gasteiger partial charge in [0, 0.05) is 17.3 Å². The molecular formula is C15H20N2O3. The van der Waals surface area contributed by atoms with E-state index in [1.54, 1.807) is 6.07 Å². The van der Waals surface area contributed by atoms with Crippen molar-refractivity contribution in [2.45, 2.75) is 33.2 Å². The third-order valence-corrected chi connectivity index (χ3v) is 2.26. The SMILES string of the molecule is Cc1cc(/C=C/C(=O)O)cc(NC(=O)NC(C)(C)C)c1. The van der Waals surface area contributed by atoms with E-state index in [4.69, 9.17) is 5.11 Å². The Balaban J connectivity index is 2.86. The van der Waals surface area contributed by atoms with Crippen molar-refractivity contribution in [1.29, 1.82) is 0 Å². The quantitative estimate of drug-likeness (QED) is 0.742. The Morgan fingerprint density at radius 1 is 1.20 bits per heavy atom. The second kappa shape index (κ2) is 6.23. The molecule has 0 aliphatic rings. The van der Waals surface area contributed by atoms with Gasteiger partial charge in [-0.05, 0) is 57.0 Å². The average Bonchev–Trinajstić information content (AvgIpc) is 2.22.